The molecule has 4 heteroatoms. The summed E-state index contributed by atoms with van der Waals surface area (Å²) in [7, 11) is -0.252. The summed E-state index contributed by atoms with van der Waals surface area (Å²) in [6, 6.07) is 0. The second kappa shape index (κ2) is 8.94. The SMILES string of the molecule is C=CC1=C[C@H]2CC[C@H](OCOC)[C@@]2(C)C[C@H]1O[Si](C(C)C)(C(C)C)C(C)C. The van der Waals surface area contributed by atoms with Gasteiger partial charge in [0.1, 0.15) is 6.79 Å². The van der Waals surface area contributed by atoms with Crippen molar-refractivity contribution in [1.82, 2.24) is 0 Å². The van der Waals surface area contributed by atoms with Gasteiger partial charge >= 0.3 is 0 Å². The predicted molar refractivity (Wildman–Crippen MR) is 116 cm³/mol. The van der Waals surface area contributed by atoms with E-state index in [4.69, 9.17) is 13.9 Å². The smallest absolute Gasteiger partial charge is 0.201 e. The van der Waals surface area contributed by atoms with E-state index in [-0.39, 0.29) is 17.6 Å². The molecule has 0 radical (unpaired) electrons. The zero-order valence-corrected chi connectivity index (χ0v) is 19.9. The van der Waals surface area contributed by atoms with Crippen molar-refractivity contribution in [3.63, 3.8) is 0 Å². The molecule has 0 unspecified atom stereocenters. The highest BCUT2D eigenvalue weighted by atomic mass is 28.4. The highest BCUT2D eigenvalue weighted by molar-refractivity contribution is 6.77. The molecule has 0 heterocycles. The minimum atomic E-state index is -1.95. The number of allylic oxidation sites excluding steroid dienone is 1. The molecule has 2 rings (SSSR count). The van der Waals surface area contributed by atoms with Crippen molar-refractivity contribution in [3.05, 3.63) is 24.3 Å². The Hall–Kier alpha value is -0.423. The molecule has 2 aliphatic carbocycles. The minimum Gasteiger partial charge on any atom is -0.409 e. The van der Waals surface area contributed by atoms with Gasteiger partial charge in [-0.25, -0.2) is 0 Å². The molecule has 156 valence electrons. The van der Waals surface area contributed by atoms with Gasteiger partial charge in [0.15, 0.2) is 0 Å². The first kappa shape index (κ1) is 22.9. The first-order valence-corrected chi connectivity index (χ1v) is 12.9. The molecule has 3 nitrogen and oxygen atoms in total. The lowest BCUT2D eigenvalue weighted by atomic mass is 9.68. The summed E-state index contributed by atoms with van der Waals surface area (Å²) < 4.78 is 18.5. The van der Waals surface area contributed by atoms with Crippen LogP contribution in [0.5, 0.6) is 0 Å². The van der Waals surface area contributed by atoms with E-state index in [1.54, 1.807) is 7.11 Å². The van der Waals surface area contributed by atoms with E-state index >= 15 is 0 Å². The zero-order chi connectivity index (χ0) is 20.4. The van der Waals surface area contributed by atoms with Gasteiger partial charge in [0.25, 0.3) is 0 Å². The van der Waals surface area contributed by atoms with Gasteiger partial charge in [0, 0.05) is 12.5 Å². The fraction of sp³-hybridized carbons (Fsp3) is 0.826. The maximum Gasteiger partial charge on any atom is 0.201 e. The number of hydrogen-bond acceptors (Lipinski definition) is 3. The number of ether oxygens (including phenoxy) is 2. The summed E-state index contributed by atoms with van der Waals surface area (Å²) in [5, 5.41) is 0. The molecule has 1 fully saturated rings. The Bertz CT molecular complexity index is 518. The Balaban J connectivity index is 2.35. The molecule has 0 N–H and O–H groups in total. The summed E-state index contributed by atoms with van der Waals surface area (Å²) in [6.07, 6.45) is 8.14. The van der Waals surface area contributed by atoms with Crippen LogP contribution in [0.4, 0.5) is 0 Å². The fourth-order valence-corrected chi connectivity index (χ4v) is 11.6. The van der Waals surface area contributed by atoms with Crippen molar-refractivity contribution in [2.45, 2.75) is 96.6 Å². The van der Waals surface area contributed by atoms with Gasteiger partial charge in [-0.05, 0) is 47.4 Å². The Morgan fingerprint density at radius 2 is 1.74 bits per heavy atom. The molecule has 0 spiro atoms. The lowest BCUT2D eigenvalue weighted by molar-refractivity contribution is -0.116. The van der Waals surface area contributed by atoms with Crippen LogP contribution < -0.4 is 0 Å². The van der Waals surface area contributed by atoms with Crippen molar-refractivity contribution < 1.29 is 13.9 Å². The molecule has 0 aromatic heterocycles. The summed E-state index contributed by atoms with van der Waals surface area (Å²) in [4.78, 5) is 0. The van der Waals surface area contributed by atoms with Crippen LogP contribution >= 0.6 is 0 Å². The minimum absolute atomic E-state index is 0.112. The van der Waals surface area contributed by atoms with Crippen molar-refractivity contribution >= 4 is 8.32 Å². The van der Waals surface area contributed by atoms with E-state index in [2.05, 4.69) is 61.1 Å². The highest BCUT2D eigenvalue weighted by Crippen LogP contribution is 2.54. The van der Waals surface area contributed by atoms with E-state index in [1.807, 2.05) is 6.08 Å². The van der Waals surface area contributed by atoms with Gasteiger partial charge in [-0.1, -0.05) is 67.2 Å². The number of methoxy groups -OCH3 is 1. The highest BCUT2D eigenvalue weighted by Gasteiger charge is 2.53. The van der Waals surface area contributed by atoms with Crippen molar-refractivity contribution in [1.29, 1.82) is 0 Å². The quantitative estimate of drug-likeness (QED) is 0.331. The van der Waals surface area contributed by atoms with Crippen molar-refractivity contribution in [3.8, 4) is 0 Å². The fourth-order valence-electron chi connectivity index (χ4n) is 6.03. The first-order valence-electron chi connectivity index (χ1n) is 10.8. The molecule has 2 aliphatic rings. The van der Waals surface area contributed by atoms with Gasteiger partial charge in [0.05, 0.1) is 12.2 Å². The summed E-state index contributed by atoms with van der Waals surface area (Å²) >= 11 is 0. The van der Waals surface area contributed by atoms with E-state index < -0.39 is 8.32 Å². The molecule has 0 aromatic carbocycles. The second-order valence-electron chi connectivity index (χ2n) is 9.75. The Morgan fingerprint density at radius 1 is 1.15 bits per heavy atom. The van der Waals surface area contributed by atoms with Crippen LogP contribution in [-0.2, 0) is 13.9 Å². The molecule has 27 heavy (non-hydrogen) atoms. The van der Waals surface area contributed by atoms with Crippen molar-refractivity contribution in [2.24, 2.45) is 11.3 Å². The number of fused-ring (bicyclic) bond motifs is 1. The summed E-state index contributed by atoms with van der Waals surface area (Å²) in [5.74, 6) is 0.542. The second-order valence-corrected chi connectivity index (χ2v) is 15.2. The first-order chi connectivity index (χ1) is 12.6. The third-order valence-corrected chi connectivity index (χ3v) is 13.5. The standard InChI is InChI=1S/C23H42O3Si/c1-10-19-13-20-11-12-22(25-15-24-9)23(20,8)14-21(19)26-27(16(2)3,17(4)5)18(6)7/h10,13,16-18,20-22H,1,11-12,14-15H2,2-9H3/t20-,21-,22+,23+/m1/s1. The van der Waals surface area contributed by atoms with Crippen LogP contribution in [0.25, 0.3) is 0 Å². The van der Waals surface area contributed by atoms with Gasteiger partial charge in [-0.3, -0.25) is 0 Å². The van der Waals surface area contributed by atoms with Crippen LogP contribution in [0.15, 0.2) is 24.3 Å². The zero-order valence-electron chi connectivity index (χ0n) is 18.9. The molecule has 0 saturated heterocycles. The lowest BCUT2D eigenvalue weighted by Gasteiger charge is -2.49. The number of rotatable bonds is 9. The molecule has 0 aliphatic heterocycles. The average molecular weight is 395 g/mol. The van der Waals surface area contributed by atoms with E-state index in [0.29, 0.717) is 29.3 Å². The van der Waals surface area contributed by atoms with Gasteiger partial charge in [0.2, 0.25) is 8.32 Å². The van der Waals surface area contributed by atoms with E-state index in [9.17, 15) is 0 Å². The molecule has 1 saturated carbocycles. The lowest BCUT2D eigenvalue weighted by Crippen LogP contribution is -2.52. The van der Waals surface area contributed by atoms with Crippen LogP contribution in [0.3, 0.4) is 0 Å². The Morgan fingerprint density at radius 3 is 2.22 bits per heavy atom. The Labute approximate surface area is 168 Å². The van der Waals surface area contributed by atoms with Crippen LogP contribution in [0.1, 0.15) is 67.7 Å². The Kier molecular flexibility index (Phi) is 7.57. The van der Waals surface area contributed by atoms with Crippen LogP contribution in [0.2, 0.25) is 16.6 Å². The maximum atomic E-state index is 7.21. The van der Waals surface area contributed by atoms with Gasteiger partial charge < -0.3 is 13.9 Å². The normalized spacial score (nSPS) is 31.5. The molecular weight excluding hydrogens is 352 g/mol. The molecule has 0 amide bonds. The summed E-state index contributed by atoms with van der Waals surface area (Å²) in [6.45, 7) is 21.0. The largest absolute Gasteiger partial charge is 0.409 e. The molecular formula is C23H42O3Si. The van der Waals surface area contributed by atoms with Gasteiger partial charge in [-0.2, -0.15) is 0 Å². The van der Waals surface area contributed by atoms with E-state index in [0.717, 1.165) is 12.8 Å². The van der Waals surface area contributed by atoms with E-state index in [1.165, 1.54) is 12.0 Å². The molecule has 4 atom stereocenters. The van der Waals surface area contributed by atoms with Crippen LogP contribution in [0, 0.1) is 11.3 Å². The molecule has 0 bridgehead atoms. The average Bonchev–Trinajstić information content (AvgIpc) is 2.91. The number of hydrogen-bond donors (Lipinski definition) is 0. The topological polar surface area (TPSA) is 27.7 Å². The van der Waals surface area contributed by atoms with Crippen molar-refractivity contribution in [2.75, 3.05) is 13.9 Å². The predicted octanol–water partition coefficient (Wildman–Crippen LogP) is 6.47. The van der Waals surface area contributed by atoms with Crippen LogP contribution in [-0.4, -0.2) is 34.4 Å². The molecule has 0 aromatic rings. The van der Waals surface area contributed by atoms with Gasteiger partial charge in [-0.15, -0.1) is 0 Å². The third-order valence-electron chi connectivity index (χ3n) is 7.39. The third kappa shape index (κ3) is 4.14. The maximum absolute atomic E-state index is 7.21. The monoisotopic (exact) mass is 394 g/mol. The summed E-state index contributed by atoms with van der Waals surface area (Å²) in [5.41, 5.74) is 3.15.